The van der Waals surface area contributed by atoms with Crippen LogP contribution in [0.25, 0.3) is 11.0 Å². The first-order valence-corrected chi connectivity index (χ1v) is 10.2. The fraction of sp³-hybridized carbons (Fsp3) is 0.391. The van der Waals surface area contributed by atoms with Crippen molar-refractivity contribution in [3.63, 3.8) is 0 Å². The number of amides is 1. The number of hydrogen-bond acceptors (Lipinski definition) is 4. The molecule has 4 rings (SSSR count). The van der Waals surface area contributed by atoms with E-state index in [1.165, 1.54) is 0 Å². The number of fused-ring (bicyclic) bond motifs is 1. The quantitative estimate of drug-likeness (QED) is 0.554. The van der Waals surface area contributed by atoms with E-state index in [4.69, 9.17) is 9.72 Å². The molecule has 1 aliphatic heterocycles. The van der Waals surface area contributed by atoms with Crippen molar-refractivity contribution in [3.05, 3.63) is 60.4 Å². The molecule has 1 saturated heterocycles. The average Bonchev–Trinajstić information content (AvgIpc) is 3.10. The van der Waals surface area contributed by atoms with Crippen LogP contribution in [0.1, 0.15) is 25.6 Å². The van der Waals surface area contributed by atoms with Gasteiger partial charge in [0.05, 0.1) is 11.0 Å². The first kappa shape index (κ1) is 25.0. The number of imidazole rings is 1. The van der Waals surface area contributed by atoms with Crippen molar-refractivity contribution >= 4 is 41.8 Å². The van der Waals surface area contributed by atoms with Crippen LogP contribution >= 0.6 is 24.8 Å². The lowest BCUT2D eigenvalue weighted by molar-refractivity contribution is -0.122. The summed E-state index contributed by atoms with van der Waals surface area (Å²) < 4.78 is 7.85. The predicted octanol–water partition coefficient (Wildman–Crippen LogP) is 3.96. The number of carbonyl (C=O) groups is 1. The van der Waals surface area contributed by atoms with Gasteiger partial charge in [0.15, 0.2) is 0 Å². The van der Waals surface area contributed by atoms with E-state index >= 15 is 0 Å². The molecule has 0 radical (unpaired) electrons. The molecule has 8 heteroatoms. The molecule has 6 nitrogen and oxygen atoms in total. The number of nitrogens with zero attached hydrogens (tertiary/aromatic N) is 2. The largest absolute Gasteiger partial charge is 0.486 e. The fourth-order valence-electron chi connectivity index (χ4n) is 3.80. The highest BCUT2D eigenvalue weighted by Crippen LogP contribution is 2.26. The Bertz CT molecular complexity index is 972. The van der Waals surface area contributed by atoms with Crippen molar-refractivity contribution in [1.29, 1.82) is 0 Å². The van der Waals surface area contributed by atoms with Crippen LogP contribution in [0.3, 0.4) is 0 Å². The number of nitrogens with one attached hydrogen (secondary N) is 2. The van der Waals surface area contributed by atoms with Crippen molar-refractivity contribution in [2.75, 3.05) is 19.6 Å². The summed E-state index contributed by atoms with van der Waals surface area (Å²) in [5, 5.41) is 6.52. The number of carbonyl (C=O) groups excluding carboxylic acids is 1. The zero-order chi connectivity index (χ0) is 20.1. The Hall–Kier alpha value is -2.28. The van der Waals surface area contributed by atoms with Crippen molar-refractivity contribution in [2.24, 2.45) is 5.41 Å². The van der Waals surface area contributed by atoms with E-state index in [1.54, 1.807) is 0 Å². The summed E-state index contributed by atoms with van der Waals surface area (Å²) >= 11 is 0. The molecule has 0 aliphatic carbocycles. The Morgan fingerprint density at radius 1 is 1.10 bits per heavy atom. The van der Waals surface area contributed by atoms with Crippen molar-refractivity contribution < 1.29 is 9.53 Å². The van der Waals surface area contributed by atoms with Gasteiger partial charge in [-0.1, -0.05) is 37.3 Å². The molecule has 2 N–H and O–H groups in total. The number of benzene rings is 2. The minimum Gasteiger partial charge on any atom is -0.486 e. The van der Waals surface area contributed by atoms with Crippen molar-refractivity contribution in [2.45, 2.75) is 32.9 Å². The predicted molar refractivity (Wildman–Crippen MR) is 128 cm³/mol. The lowest BCUT2D eigenvalue weighted by Gasteiger charge is -2.34. The Morgan fingerprint density at radius 3 is 2.52 bits per heavy atom. The van der Waals surface area contributed by atoms with Crippen LogP contribution in [0.4, 0.5) is 0 Å². The van der Waals surface area contributed by atoms with Crippen LogP contribution in [-0.4, -0.2) is 35.1 Å². The van der Waals surface area contributed by atoms with Gasteiger partial charge in [-0.25, -0.2) is 4.98 Å². The summed E-state index contributed by atoms with van der Waals surface area (Å²) in [5.41, 5.74) is 1.98. The smallest absolute Gasteiger partial charge is 0.240 e. The number of piperidine rings is 1. The molecule has 2 heterocycles. The third-order valence-electron chi connectivity index (χ3n) is 5.67. The SMILES string of the molecule is CC1(CNC(=O)Cn2c(COc3ccccc3)nc3ccccc32)CCNCC1.Cl.Cl. The van der Waals surface area contributed by atoms with Crippen molar-refractivity contribution in [3.8, 4) is 5.75 Å². The highest BCUT2D eigenvalue weighted by molar-refractivity contribution is 5.85. The lowest BCUT2D eigenvalue weighted by Crippen LogP contribution is -2.43. The molecule has 0 bridgehead atoms. The van der Waals surface area contributed by atoms with Gasteiger partial charge in [-0.2, -0.15) is 0 Å². The molecule has 1 fully saturated rings. The average molecular weight is 465 g/mol. The van der Waals surface area contributed by atoms with Gasteiger partial charge in [0.25, 0.3) is 0 Å². The zero-order valence-electron chi connectivity index (χ0n) is 17.7. The first-order valence-electron chi connectivity index (χ1n) is 10.2. The number of rotatable bonds is 7. The number of aromatic nitrogens is 2. The van der Waals surface area contributed by atoms with Gasteiger partial charge in [0.1, 0.15) is 24.7 Å². The molecule has 1 aliphatic rings. The molecule has 0 spiro atoms. The Balaban J connectivity index is 0.00000171. The van der Waals surface area contributed by atoms with E-state index in [0.29, 0.717) is 13.2 Å². The minimum atomic E-state index is 0. The summed E-state index contributed by atoms with van der Waals surface area (Å²) in [6.07, 6.45) is 2.16. The summed E-state index contributed by atoms with van der Waals surface area (Å²) in [7, 11) is 0. The van der Waals surface area contributed by atoms with Gasteiger partial charge in [0, 0.05) is 6.54 Å². The van der Waals surface area contributed by atoms with E-state index < -0.39 is 0 Å². The molecule has 0 unspecified atom stereocenters. The van der Waals surface area contributed by atoms with Crippen LogP contribution in [0.2, 0.25) is 0 Å². The first-order chi connectivity index (χ1) is 14.1. The summed E-state index contributed by atoms with van der Waals surface area (Å²) in [6.45, 7) is 5.53. The Morgan fingerprint density at radius 2 is 1.77 bits per heavy atom. The molecular formula is C23H30Cl2N4O2. The molecule has 3 aromatic rings. The van der Waals surface area contributed by atoms with Gasteiger partial charge in [0.2, 0.25) is 5.91 Å². The van der Waals surface area contributed by atoms with Crippen LogP contribution in [0, 0.1) is 5.41 Å². The minimum absolute atomic E-state index is 0. The molecule has 0 saturated carbocycles. The van der Waals surface area contributed by atoms with Crippen LogP contribution in [-0.2, 0) is 17.9 Å². The monoisotopic (exact) mass is 464 g/mol. The second-order valence-corrected chi connectivity index (χ2v) is 8.04. The normalized spacial score (nSPS) is 14.9. The van der Waals surface area contributed by atoms with E-state index in [9.17, 15) is 4.79 Å². The van der Waals surface area contributed by atoms with E-state index in [2.05, 4.69) is 17.6 Å². The number of ether oxygens (including phenoxy) is 1. The second kappa shape index (κ2) is 11.4. The number of halogens is 2. The molecule has 168 valence electrons. The third kappa shape index (κ3) is 6.35. The van der Waals surface area contributed by atoms with Crippen molar-refractivity contribution in [1.82, 2.24) is 20.2 Å². The third-order valence-corrected chi connectivity index (χ3v) is 5.67. The van der Waals surface area contributed by atoms with Gasteiger partial charge < -0.3 is 19.9 Å². The summed E-state index contributed by atoms with van der Waals surface area (Å²) in [6, 6.07) is 17.5. The van der Waals surface area contributed by atoms with E-state index in [0.717, 1.165) is 48.5 Å². The van der Waals surface area contributed by atoms with E-state index in [-0.39, 0.29) is 42.7 Å². The highest BCUT2D eigenvalue weighted by atomic mass is 35.5. The Labute approximate surface area is 195 Å². The maximum atomic E-state index is 12.7. The maximum absolute atomic E-state index is 12.7. The molecule has 2 aromatic carbocycles. The second-order valence-electron chi connectivity index (χ2n) is 8.04. The highest BCUT2D eigenvalue weighted by Gasteiger charge is 2.27. The zero-order valence-corrected chi connectivity index (χ0v) is 19.3. The molecule has 1 amide bonds. The van der Waals surface area contributed by atoms with Gasteiger partial charge in [-0.15, -0.1) is 24.8 Å². The topological polar surface area (TPSA) is 68.2 Å². The summed E-state index contributed by atoms with van der Waals surface area (Å²) in [4.78, 5) is 17.4. The van der Waals surface area contributed by atoms with Crippen LogP contribution < -0.4 is 15.4 Å². The molecule has 0 atom stereocenters. The van der Waals surface area contributed by atoms with Crippen LogP contribution in [0.15, 0.2) is 54.6 Å². The number of hydrogen-bond donors (Lipinski definition) is 2. The molecular weight excluding hydrogens is 435 g/mol. The maximum Gasteiger partial charge on any atom is 0.240 e. The summed E-state index contributed by atoms with van der Waals surface area (Å²) in [5.74, 6) is 1.54. The number of para-hydroxylation sites is 3. The van der Waals surface area contributed by atoms with Gasteiger partial charge in [-0.3, -0.25) is 4.79 Å². The fourth-order valence-corrected chi connectivity index (χ4v) is 3.80. The van der Waals surface area contributed by atoms with E-state index in [1.807, 2.05) is 59.2 Å². The molecule has 31 heavy (non-hydrogen) atoms. The lowest BCUT2D eigenvalue weighted by atomic mass is 9.81. The van der Waals surface area contributed by atoms with Gasteiger partial charge >= 0.3 is 0 Å². The molecule has 1 aromatic heterocycles. The van der Waals surface area contributed by atoms with Gasteiger partial charge in [-0.05, 0) is 55.6 Å². The van der Waals surface area contributed by atoms with Crippen LogP contribution in [0.5, 0.6) is 5.75 Å². The standard InChI is InChI=1S/C23H28N4O2.2ClH/c1-23(11-13-24-14-12-23)17-25-22(28)15-27-20-10-6-5-9-19(20)26-21(27)16-29-18-7-3-2-4-8-18;;/h2-10,24H,11-17H2,1H3,(H,25,28);2*1H. The Kier molecular flexibility index (Phi) is 9.16.